The van der Waals surface area contributed by atoms with E-state index in [0.717, 1.165) is 13.1 Å². The lowest BCUT2D eigenvalue weighted by molar-refractivity contribution is 0.727. The van der Waals surface area contributed by atoms with Gasteiger partial charge in [-0.3, -0.25) is 0 Å². The van der Waals surface area contributed by atoms with Gasteiger partial charge >= 0.3 is 0 Å². The first-order chi connectivity index (χ1) is 6.35. The van der Waals surface area contributed by atoms with Crippen LogP contribution in [0.15, 0.2) is 30.3 Å². The molecule has 2 heteroatoms. The summed E-state index contributed by atoms with van der Waals surface area (Å²) >= 11 is 0. The van der Waals surface area contributed by atoms with E-state index in [9.17, 15) is 0 Å². The maximum atomic E-state index is 3.26. The predicted molar refractivity (Wildman–Crippen MR) is 58.8 cm³/mol. The largest absolute Gasteiger partial charge is 0.323 e. The highest BCUT2D eigenvalue weighted by atomic mass is 14.8. The summed E-state index contributed by atoms with van der Waals surface area (Å²) in [4.78, 5) is 0. The average molecular weight is 180 g/mol. The first kappa shape index (κ1) is 12.1. The molecule has 1 rings (SSSR count). The average Bonchev–Trinajstić information content (AvgIpc) is 2.18. The maximum Gasteiger partial charge on any atom is 0.0205 e. The first-order valence-electron chi connectivity index (χ1n) is 4.68. The third-order valence-electron chi connectivity index (χ3n) is 1.42. The molecule has 1 aromatic carbocycles. The lowest BCUT2D eigenvalue weighted by atomic mass is 10.2. The van der Waals surface area contributed by atoms with Crippen LogP contribution in [-0.4, -0.2) is 20.6 Å². The van der Waals surface area contributed by atoms with Gasteiger partial charge in [0.05, 0.1) is 0 Å². The molecule has 0 aromatic heterocycles. The van der Waals surface area contributed by atoms with Gasteiger partial charge in [-0.1, -0.05) is 37.3 Å². The normalized spacial score (nSPS) is 8.85. The molecule has 0 radical (unpaired) electrons. The number of rotatable bonds is 3. The molecule has 0 amide bonds. The minimum absolute atomic E-state index is 0.983. The number of nitrogens with one attached hydrogen (secondary N) is 2. The van der Waals surface area contributed by atoms with E-state index >= 15 is 0 Å². The first-order valence-corrected chi connectivity index (χ1v) is 4.68. The van der Waals surface area contributed by atoms with Crippen molar-refractivity contribution in [1.29, 1.82) is 0 Å². The molecule has 0 bridgehead atoms. The van der Waals surface area contributed by atoms with Crippen molar-refractivity contribution in [2.75, 3.05) is 20.6 Å². The van der Waals surface area contributed by atoms with Crippen LogP contribution in [0.3, 0.4) is 0 Å². The van der Waals surface area contributed by atoms with Gasteiger partial charge in [0.2, 0.25) is 0 Å². The molecular formula is C11H20N2. The van der Waals surface area contributed by atoms with Gasteiger partial charge in [0.25, 0.3) is 0 Å². The standard InChI is InChI=1S/C9H13N.C2H7N/c1-2-10-8-9-6-4-3-5-7-9;1-3-2/h3-7,10H,2,8H2,1H3;3H,1-2H3. The Bertz CT molecular complexity index is 185. The molecule has 0 fully saturated rings. The van der Waals surface area contributed by atoms with E-state index < -0.39 is 0 Å². The SMILES string of the molecule is CCNCc1ccccc1.CNC. The van der Waals surface area contributed by atoms with Crippen LogP contribution >= 0.6 is 0 Å². The molecule has 1 aromatic rings. The third kappa shape index (κ3) is 7.50. The van der Waals surface area contributed by atoms with Crippen molar-refractivity contribution in [2.45, 2.75) is 13.5 Å². The monoisotopic (exact) mass is 180 g/mol. The zero-order valence-electron chi connectivity index (χ0n) is 8.80. The molecule has 0 saturated heterocycles. The summed E-state index contributed by atoms with van der Waals surface area (Å²) in [6, 6.07) is 10.4. The highest BCUT2D eigenvalue weighted by molar-refractivity contribution is 5.14. The zero-order valence-corrected chi connectivity index (χ0v) is 8.80. The van der Waals surface area contributed by atoms with Crippen LogP contribution in [0.5, 0.6) is 0 Å². The maximum absolute atomic E-state index is 3.26. The Morgan fingerprint density at radius 3 is 2.08 bits per heavy atom. The van der Waals surface area contributed by atoms with E-state index in [-0.39, 0.29) is 0 Å². The van der Waals surface area contributed by atoms with Crippen LogP contribution < -0.4 is 10.6 Å². The van der Waals surface area contributed by atoms with Crippen molar-refractivity contribution in [3.05, 3.63) is 35.9 Å². The van der Waals surface area contributed by atoms with Crippen molar-refractivity contribution in [3.63, 3.8) is 0 Å². The molecular weight excluding hydrogens is 160 g/mol. The summed E-state index contributed by atoms with van der Waals surface area (Å²) in [6.07, 6.45) is 0. The van der Waals surface area contributed by atoms with Crippen LogP contribution in [0.1, 0.15) is 12.5 Å². The molecule has 0 saturated carbocycles. The minimum Gasteiger partial charge on any atom is -0.323 e. The fraction of sp³-hybridized carbons (Fsp3) is 0.455. The van der Waals surface area contributed by atoms with E-state index in [1.54, 1.807) is 0 Å². The number of hydrogen-bond acceptors (Lipinski definition) is 2. The van der Waals surface area contributed by atoms with Crippen molar-refractivity contribution in [2.24, 2.45) is 0 Å². The summed E-state index contributed by atoms with van der Waals surface area (Å²) in [6.45, 7) is 4.13. The van der Waals surface area contributed by atoms with Crippen molar-refractivity contribution in [1.82, 2.24) is 10.6 Å². The third-order valence-corrected chi connectivity index (χ3v) is 1.42. The number of hydrogen-bond donors (Lipinski definition) is 2. The topological polar surface area (TPSA) is 24.1 Å². The lowest BCUT2D eigenvalue weighted by Gasteiger charge is -1.99. The Balaban J connectivity index is 0.000000424. The molecule has 74 valence electrons. The van der Waals surface area contributed by atoms with Crippen LogP contribution in [0.2, 0.25) is 0 Å². The Hall–Kier alpha value is -0.860. The highest BCUT2D eigenvalue weighted by Gasteiger charge is 1.85. The van der Waals surface area contributed by atoms with E-state index in [4.69, 9.17) is 0 Å². The van der Waals surface area contributed by atoms with Gasteiger partial charge in [-0.05, 0) is 26.2 Å². The van der Waals surface area contributed by atoms with E-state index in [2.05, 4.69) is 41.8 Å². The fourth-order valence-corrected chi connectivity index (χ4v) is 0.865. The Morgan fingerprint density at radius 2 is 1.62 bits per heavy atom. The van der Waals surface area contributed by atoms with Crippen molar-refractivity contribution in [3.8, 4) is 0 Å². The highest BCUT2D eigenvalue weighted by Crippen LogP contribution is 1.96. The van der Waals surface area contributed by atoms with Crippen LogP contribution in [0, 0.1) is 0 Å². The summed E-state index contributed by atoms with van der Waals surface area (Å²) in [5.41, 5.74) is 1.35. The Kier molecular flexibility index (Phi) is 8.62. The molecule has 2 N–H and O–H groups in total. The second kappa shape index (κ2) is 9.23. The Labute approximate surface area is 81.4 Å². The second-order valence-corrected chi connectivity index (χ2v) is 2.77. The van der Waals surface area contributed by atoms with Gasteiger partial charge in [-0.15, -0.1) is 0 Å². The molecule has 0 aliphatic carbocycles. The van der Waals surface area contributed by atoms with Gasteiger partial charge in [0.15, 0.2) is 0 Å². The molecule has 2 nitrogen and oxygen atoms in total. The van der Waals surface area contributed by atoms with Crippen molar-refractivity contribution < 1.29 is 0 Å². The quantitative estimate of drug-likeness (QED) is 0.739. The molecule has 0 unspecified atom stereocenters. The molecule has 0 aliphatic heterocycles. The smallest absolute Gasteiger partial charge is 0.0205 e. The summed E-state index contributed by atoms with van der Waals surface area (Å²) in [5.74, 6) is 0. The fourth-order valence-electron chi connectivity index (χ4n) is 0.865. The van der Waals surface area contributed by atoms with E-state index in [1.165, 1.54) is 5.56 Å². The zero-order chi connectivity index (χ0) is 9.94. The van der Waals surface area contributed by atoms with Gasteiger partial charge in [0, 0.05) is 6.54 Å². The molecule has 0 heterocycles. The van der Waals surface area contributed by atoms with E-state index in [0.29, 0.717) is 0 Å². The van der Waals surface area contributed by atoms with Gasteiger partial charge in [-0.2, -0.15) is 0 Å². The van der Waals surface area contributed by atoms with Gasteiger partial charge in [0.1, 0.15) is 0 Å². The van der Waals surface area contributed by atoms with Crippen LogP contribution in [-0.2, 0) is 6.54 Å². The lowest BCUT2D eigenvalue weighted by Crippen LogP contribution is -2.11. The minimum atomic E-state index is 0.983. The van der Waals surface area contributed by atoms with Gasteiger partial charge < -0.3 is 10.6 Å². The van der Waals surface area contributed by atoms with Crippen LogP contribution in [0.25, 0.3) is 0 Å². The molecule has 13 heavy (non-hydrogen) atoms. The molecule has 0 atom stereocenters. The van der Waals surface area contributed by atoms with Gasteiger partial charge in [-0.25, -0.2) is 0 Å². The summed E-state index contributed by atoms with van der Waals surface area (Å²) < 4.78 is 0. The number of benzene rings is 1. The molecule has 0 spiro atoms. The summed E-state index contributed by atoms with van der Waals surface area (Å²) in [5, 5.41) is 6.01. The predicted octanol–water partition coefficient (Wildman–Crippen LogP) is 1.63. The summed E-state index contributed by atoms with van der Waals surface area (Å²) in [7, 11) is 3.75. The van der Waals surface area contributed by atoms with E-state index in [1.807, 2.05) is 20.2 Å². The second-order valence-electron chi connectivity index (χ2n) is 2.77. The molecule has 0 aliphatic rings. The van der Waals surface area contributed by atoms with Crippen molar-refractivity contribution >= 4 is 0 Å². The Morgan fingerprint density at radius 1 is 1.08 bits per heavy atom. The van der Waals surface area contributed by atoms with Crippen LogP contribution in [0.4, 0.5) is 0 Å².